The molecule has 0 bridgehead atoms. The number of nitrogens with one attached hydrogen (secondary N) is 3. The van der Waals surface area contributed by atoms with E-state index in [0.717, 1.165) is 13.0 Å². The van der Waals surface area contributed by atoms with Crippen molar-refractivity contribution in [3.8, 4) is 0 Å². The molecule has 0 aliphatic rings. The number of nitrogens with zero attached hydrogens (tertiary/aromatic N) is 1. The van der Waals surface area contributed by atoms with Crippen molar-refractivity contribution in [1.29, 1.82) is 0 Å². The van der Waals surface area contributed by atoms with Crippen LogP contribution in [0.3, 0.4) is 0 Å². The van der Waals surface area contributed by atoms with Gasteiger partial charge in [0.1, 0.15) is 5.82 Å². The fourth-order valence-electron chi connectivity index (χ4n) is 1.48. The van der Waals surface area contributed by atoms with Gasteiger partial charge >= 0.3 is 0 Å². The molecule has 104 valence electrons. The van der Waals surface area contributed by atoms with E-state index in [1.165, 1.54) is 6.92 Å². The fraction of sp³-hybridized carbons (Fsp3) is 0.462. The number of amides is 2. The quantitative estimate of drug-likeness (QED) is 0.635. The van der Waals surface area contributed by atoms with E-state index in [9.17, 15) is 9.59 Å². The zero-order valence-corrected chi connectivity index (χ0v) is 11.3. The van der Waals surface area contributed by atoms with Crippen LogP contribution in [0, 0.1) is 0 Å². The lowest BCUT2D eigenvalue weighted by atomic mass is 10.2. The average Bonchev–Trinajstić information content (AvgIpc) is 2.41. The molecule has 3 N–H and O–H groups in total. The minimum Gasteiger partial charge on any atom is -0.369 e. The Hall–Kier alpha value is -2.11. The van der Waals surface area contributed by atoms with Gasteiger partial charge in [-0.1, -0.05) is 6.92 Å². The van der Waals surface area contributed by atoms with Gasteiger partial charge in [-0.25, -0.2) is 4.98 Å². The normalized spacial score (nSPS) is 9.79. The maximum Gasteiger partial charge on any atom is 0.255 e. The molecule has 0 radical (unpaired) electrons. The molecule has 0 saturated heterocycles. The summed E-state index contributed by atoms with van der Waals surface area (Å²) in [4.78, 5) is 26.8. The van der Waals surface area contributed by atoms with E-state index in [-0.39, 0.29) is 11.8 Å². The van der Waals surface area contributed by atoms with Gasteiger partial charge in [-0.15, -0.1) is 0 Å². The highest BCUT2D eigenvalue weighted by Crippen LogP contribution is 2.10. The number of carbonyl (C=O) groups is 2. The molecule has 0 spiro atoms. The lowest BCUT2D eigenvalue weighted by Gasteiger charge is -2.10. The maximum absolute atomic E-state index is 12.0. The summed E-state index contributed by atoms with van der Waals surface area (Å²) < 4.78 is 0. The molecule has 2 amide bonds. The van der Waals surface area contributed by atoms with Crippen LogP contribution in [0.15, 0.2) is 18.3 Å². The van der Waals surface area contributed by atoms with E-state index in [2.05, 4.69) is 20.9 Å². The lowest BCUT2D eigenvalue weighted by Crippen LogP contribution is -2.34. The number of hydrogen-bond donors (Lipinski definition) is 3. The first-order valence-corrected chi connectivity index (χ1v) is 6.36. The standard InChI is InChI=1S/C13H20N4O2/c1-3-6-15-12-11(5-4-7-16-12)13(19)17-9-8-14-10(2)18/h4-5,7H,3,6,8-9H2,1-2H3,(H,14,18)(H,15,16)(H,17,19). The minimum atomic E-state index is -0.197. The Morgan fingerprint density at radius 1 is 1.21 bits per heavy atom. The van der Waals surface area contributed by atoms with Crippen LogP contribution in [0.2, 0.25) is 0 Å². The van der Waals surface area contributed by atoms with Crippen LogP contribution >= 0.6 is 0 Å². The van der Waals surface area contributed by atoms with Crippen molar-refractivity contribution >= 4 is 17.6 Å². The van der Waals surface area contributed by atoms with Gasteiger partial charge in [0.05, 0.1) is 5.56 Å². The summed E-state index contributed by atoms with van der Waals surface area (Å²) in [6.45, 7) is 5.06. The first kappa shape index (κ1) is 14.9. The molecule has 0 fully saturated rings. The van der Waals surface area contributed by atoms with Gasteiger partial charge in [0.2, 0.25) is 5.91 Å². The predicted molar refractivity (Wildman–Crippen MR) is 74.0 cm³/mol. The zero-order chi connectivity index (χ0) is 14.1. The molecule has 1 aromatic rings. The number of rotatable bonds is 7. The third-order valence-corrected chi connectivity index (χ3v) is 2.38. The summed E-state index contributed by atoms with van der Waals surface area (Å²) in [5.74, 6) is 0.277. The Morgan fingerprint density at radius 3 is 2.63 bits per heavy atom. The number of aromatic nitrogens is 1. The van der Waals surface area contributed by atoms with Gasteiger partial charge in [0.25, 0.3) is 5.91 Å². The van der Waals surface area contributed by atoms with Gasteiger partial charge in [0, 0.05) is 32.8 Å². The van der Waals surface area contributed by atoms with E-state index in [1.807, 2.05) is 6.92 Å². The molecule has 0 saturated carbocycles. The Bertz CT molecular complexity index is 434. The van der Waals surface area contributed by atoms with E-state index in [0.29, 0.717) is 24.5 Å². The summed E-state index contributed by atoms with van der Waals surface area (Å²) in [7, 11) is 0. The molecule has 6 heteroatoms. The number of carbonyl (C=O) groups excluding carboxylic acids is 2. The summed E-state index contributed by atoms with van der Waals surface area (Å²) >= 11 is 0. The van der Waals surface area contributed by atoms with Crippen molar-refractivity contribution in [2.75, 3.05) is 25.0 Å². The van der Waals surface area contributed by atoms with Crippen molar-refractivity contribution < 1.29 is 9.59 Å². The SMILES string of the molecule is CCCNc1ncccc1C(=O)NCCNC(C)=O. The van der Waals surface area contributed by atoms with Crippen LogP contribution < -0.4 is 16.0 Å². The molecule has 0 aliphatic heterocycles. The maximum atomic E-state index is 12.0. The Morgan fingerprint density at radius 2 is 1.95 bits per heavy atom. The van der Waals surface area contributed by atoms with Crippen LogP contribution in [0.5, 0.6) is 0 Å². The molecular formula is C13H20N4O2. The summed E-state index contributed by atoms with van der Waals surface area (Å²) in [6.07, 6.45) is 2.60. The van der Waals surface area contributed by atoms with Crippen molar-refractivity contribution in [2.24, 2.45) is 0 Å². The molecule has 0 atom stereocenters. The Labute approximate surface area is 113 Å². The second kappa shape index (κ2) is 8.07. The molecule has 0 aliphatic carbocycles. The van der Waals surface area contributed by atoms with E-state index in [1.54, 1.807) is 18.3 Å². The van der Waals surface area contributed by atoms with Crippen LogP contribution in [-0.2, 0) is 4.79 Å². The van der Waals surface area contributed by atoms with E-state index in [4.69, 9.17) is 0 Å². The molecule has 1 heterocycles. The van der Waals surface area contributed by atoms with Crippen LogP contribution in [0.25, 0.3) is 0 Å². The minimum absolute atomic E-state index is 0.110. The average molecular weight is 264 g/mol. The largest absolute Gasteiger partial charge is 0.369 e. The highest BCUT2D eigenvalue weighted by Gasteiger charge is 2.10. The van der Waals surface area contributed by atoms with Gasteiger partial charge in [-0.3, -0.25) is 9.59 Å². The molecule has 1 aromatic heterocycles. The summed E-state index contributed by atoms with van der Waals surface area (Å²) in [6, 6.07) is 3.44. The second-order valence-corrected chi connectivity index (χ2v) is 4.07. The van der Waals surface area contributed by atoms with Crippen molar-refractivity contribution in [3.63, 3.8) is 0 Å². The molecular weight excluding hydrogens is 244 g/mol. The van der Waals surface area contributed by atoms with Gasteiger partial charge in [-0.05, 0) is 18.6 Å². The third kappa shape index (κ3) is 5.37. The Kier molecular flexibility index (Phi) is 6.35. The Balaban J connectivity index is 2.53. The zero-order valence-electron chi connectivity index (χ0n) is 11.3. The summed E-state index contributed by atoms with van der Waals surface area (Å²) in [5, 5.41) is 8.46. The van der Waals surface area contributed by atoms with E-state index < -0.39 is 0 Å². The van der Waals surface area contributed by atoms with Gasteiger partial charge in [-0.2, -0.15) is 0 Å². The smallest absolute Gasteiger partial charge is 0.255 e. The van der Waals surface area contributed by atoms with Crippen LogP contribution in [-0.4, -0.2) is 36.4 Å². The van der Waals surface area contributed by atoms with Crippen LogP contribution in [0.1, 0.15) is 30.6 Å². The highest BCUT2D eigenvalue weighted by molar-refractivity contribution is 5.98. The third-order valence-electron chi connectivity index (χ3n) is 2.38. The van der Waals surface area contributed by atoms with Crippen molar-refractivity contribution in [3.05, 3.63) is 23.9 Å². The first-order chi connectivity index (χ1) is 9.15. The monoisotopic (exact) mass is 264 g/mol. The number of hydrogen-bond acceptors (Lipinski definition) is 4. The first-order valence-electron chi connectivity index (χ1n) is 6.36. The van der Waals surface area contributed by atoms with Gasteiger partial charge in [0.15, 0.2) is 0 Å². The second-order valence-electron chi connectivity index (χ2n) is 4.07. The van der Waals surface area contributed by atoms with Gasteiger partial charge < -0.3 is 16.0 Å². The fourth-order valence-corrected chi connectivity index (χ4v) is 1.48. The van der Waals surface area contributed by atoms with Crippen molar-refractivity contribution in [1.82, 2.24) is 15.6 Å². The molecule has 1 rings (SSSR count). The molecule has 0 unspecified atom stereocenters. The van der Waals surface area contributed by atoms with E-state index >= 15 is 0 Å². The number of pyridine rings is 1. The number of anilines is 1. The lowest BCUT2D eigenvalue weighted by molar-refractivity contribution is -0.118. The predicted octanol–water partition coefficient (Wildman–Crippen LogP) is 0.769. The molecule has 0 aromatic carbocycles. The van der Waals surface area contributed by atoms with Crippen LogP contribution in [0.4, 0.5) is 5.82 Å². The molecule has 19 heavy (non-hydrogen) atoms. The van der Waals surface area contributed by atoms with Crippen molar-refractivity contribution in [2.45, 2.75) is 20.3 Å². The summed E-state index contributed by atoms with van der Waals surface area (Å²) in [5.41, 5.74) is 0.513. The molecule has 6 nitrogen and oxygen atoms in total. The topological polar surface area (TPSA) is 83.1 Å². The highest BCUT2D eigenvalue weighted by atomic mass is 16.2.